The van der Waals surface area contributed by atoms with Crippen molar-refractivity contribution in [1.82, 2.24) is 25.3 Å². The number of likely N-dealkylation sites (tertiary alicyclic amines) is 1. The van der Waals surface area contributed by atoms with Gasteiger partial charge in [-0.1, -0.05) is 30.3 Å². The van der Waals surface area contributed by atoms with Crippen LogP contribution in [0.5, 0.6) is 0 Å². The summed E-state index contributed by atoms with van der Waals surface area (Å²) in [6.07, 6.45) is 2.62. The molecule has 0 unspecified atom stereocenters. The second-order valence-corrected chi connectivity index (χ2v) is 7.02. The third-order valence-electron chi connectivity index (χ3n) is 4.79. The van der Waals surface area contributed by atoms with Gasteiger partial charge in [-0.2, -0.15) is 5.10 Å². The van der Waals surface area contributed by atoms with Crippen LogP contribution in [0.4, 0.5) is 0 Å². The number of rotatable bonds is 6. The molecule has 0 aliphatic carbocycles. The van der Waals surface area contributed by atoms with Gasteiger partial charge in [0.1, 0.15) is 0 Å². The fraction of sp³-hybridized carbons (Fsp3) is 0.450. The molecule has 0 saturated carbocycles. The molecule has 144 valence electrons. The molecule has 3 rings (SSSR count). The van der Waals surface area contributed by atoms with E-state index in [-0.39, 0.29) is 23.9 Å². The summed E-state index contributed by atoms with van der Waals surface area (Å²) in [5.41, 5.74) is 3.05. The predicted octanol–water partition coefficient (Wildman–Crippen LogP) is 1.30. The zero-order valence-electron chi connectivity index (χ0n) is 16.1. The number of nitrogens with zero attached hydrogens (tertiary/aromatic N) is 3. The zero-order valence-corrected chi connectivity index (χ0v) is 16.1. The first-order chi connectivity index (χ1) is 13.0. The lowest BCUT2D eigenvalue weighted by Gasteiger charge is -2.23. The van der Waals surface area contributed by atoms with E-state index in [1.54, 1.807) is 4.68 Å². The van der Waals surface area contributed by atoms with Gasteiger partial charge in [-0.05, 0) is 13.3 Å². The first kappa shape index (κ1) is 19.1. The van der Waals surface area contributed by atoms with E-state index < -0.39 is 0 Å². The lowest BCUT2D eigenvalue weighted by Crippen LogP contribution is -2.42. The molecule has 1 saturated heterocycles. The van der Waals surface area contributed by atoms with Crippen molar-refractivity contribution in [2.75, 3.05) is 13.1 Å². The van der Waals surface area contributed by atoms with E-state index in [0.29, 0.717) is 26.1 Å². The highest BCUT2D eigenvalue weighted by atomic mass is 16.2. The van der Waals surface area contributed by atoms with Crippen LogP contribution in [0.1, 0.15) is 25.8 Å². The average molecular weight is 369 g/mol. The Hall–Kier alpha value is -2.67. The fourth-order valence-corrected chi connectivity index (χ4v) is 3.75. The van der Waals surface area contributed by atoms with E-state index in [4.69, 9.17) is 0 Å². The van der Waals surface area contributed by atoms with Crippen molar-refractivity contribution in [2.45, 2.75) is 38.9 Å². The number of hydrogen-bond donors (Lipinski definition) is 2. The SMILES string of the molecule is CCNC(=O)[C@@H]1C[C@H](NC(C)=O)CN1Cc1cn(C)nc1-c1ccccc1. The summed E-state index contributed by atoms with van der Waals surface area (Å²) in [6, 6.07) is 9.77. The molecule has 0 radical (unpaired) electrons. The first-order valence-corrected chi connectivity index (χ1v) is 9.34. The summed E-state index contributed by atoms with van der Waals surface area (Å²) in [5, 5.41) is 10.5. The number of amides is 2. The van der Waals surface area contributed by atoms with Crippen LogP contribution < -0.4 is 10.6 Å². The highest BCUT2D eigenvalue weighted by Crippen LogP contribution is 2.26. The van der Waals surface area contributed by atoms with Gasteiger partial charge in [0.05, 0.1) is 11.7 Å². The van der Waals surface area contributed by atoms with Crippen molar-refractivity contribution in [2.24, 2.45) is 7.05 Å². The maximum atomic E-state index is 12.6. The number of hydrogen-bond acceptors (Lipinski definition) is 4. The molecular weight excluding hydrogens is 342 g/mol. The number of likely N-dealkylation sites (N-methyl/N-ethyl adjacent to an activating group) is 1. The van der Waals surface area contributed by atoms with E-state index in [2.05, 4.69) is 20.6 Å². The molecule has 1 aliphatic heterocycles. The van der Waals surface area contributed by atoms with Crippen molar-refractivity contribution in [3.05, 3.63) is 42.1 Å². The molecule has 7 nitrogen and oxygen atoms in total. The summed E-state index contributed by atoms with van der Waals surface area (Å²) >= 11 is 0. The molecule has 1 aliphatic rings. The topological polar surface area (TPSA) is 79.3 Å². The number of carbonyl (C=O) groups excluding carboxylic acids is 2. The largest absolute Gasteiger partial charge is 0.355 e. The Balaban J connectivity index is 1.84. The smallest absolute Gasteiger partial charge is 0.237 e. The lowest BCUT2D eigenvalue weighted by molar-refractivity contribution is -0.125. The minimum absolute atomic E-state index is 0.00973. The zero-order chi connectivity index (χ0) is 19.4. The Labute approximate surface area is 159 Å². The quantitative estimate of drug-likeness (QED) is 0.805. The van der Waals surface area contributed by atoms with E-state index in [1.165, 1.54) is 6.92 Å². The van der Waals surface area contributed by atoms with Crippen molar-refractivity contribution in [3.63, 3.8) is 0 Å². The molecule has 7 heteroatoms. The Bertz CT molecular complexity index is 802. The molecule has 1 fully saturated rings. The number of nitrogens with one attached hydrogen (secondary N) is 2. The molecule has 2 atom stereocenters. The molecule has 1 aromatic heterocycles. The summed E-state index contributed by atoms with van der Waals surface area (Å²) in [5.74, 6) is -0.0571. The van der Waals surface area contributed by atoms with E-state index in [0.717, 1.165) is 16.8 Å². The monoisotopic (exact) mass is 369 g/mol. The molecule has 2 amide bonds. The Kier molecular flexibility index (Phi) is 5.91. The van der Waals surface area contributed by atoms with Crippen LogP contribution in [-0.4, -0.2) is 51.7 Å². The van der Waals surface area contributed by atoms with Gasteiger partial charge >= 0.3 is 0 Å². The average Bonchev–Trinajstić information content (AvgIpc) is 3.19. The van der Waals surface area contributed by atoms with Gasteiger partial charge in [0.2, 0.25) is 11.8 Å². The van der Waals surface area contributed by atoms with Gasteiger partial charge in [0.15, 0.2) is 0 Å². The van der Waals surface area contributed by atoms with Gasteiger partial charge in [0, 0.05) is 57.0 Å². The van der Waals surface area contributed by atoms with Crippen LogP contribution in [0.2, 0.25) is 0 Å². The molecule has 0 bridgehead atoms. The summed E-state index contributed by atoms with van der Waals surface area (Å²) in [6.45, 7) is 5.27. The minimum Gasteiger partial charge on any atom is -0.355 e. The van der Waals surface area contributed by atoms with Crippen LogP contribution >= 0.6 is 0 Å². The number of aryl methyl sites for hydroxylation is 1. The van der Waals surface area contributed by atoms with Crippen LogP contribution in [0.15, 0.2) is 36.5 Å². The van der Waals surface area contributed by atoms with Gasteiger partial charge < -0.3 is 10.6 Å². The standard InChI is InChI=1S/C20H27N5O2/c1-4-21-20(27)18-10-17(22-14(2)26)13-25(18)12-16-11-24(3)23-19(16)15-8-6-5-7-9-15/h5-9,11,17-18H,4,10,12-13H2,1-3H3,(H,21,27)(H,22,26)/t17-,18-/m0/s1. The normalized spacial score (nSPS) is 19.8. The van der Waals surface area contributed by atoms with Gasteiger partial charge in [-0.25, -0.2) is 0 Å². The highest BCUT2D eigenvalue weighted by Gasteiger charge is 2.37. The van der Waals surface area contributed by atoms with E-state index in [9.17, 15) is 9.59 Å². The van der Waals surface area contributed by atoms with Gasteiger partial charge in [-0.3, -0.25) is 19.2 Å². The van der Waals surface area contributed by atoms with Crippen LogP contribution in [0.3, 0.4) is 0 Å². The van der Waals surface area contributed by atoms with Crippen molar-refractivity contribution in [1.29, 1.82) is 0 Å². The van der Waals surface area contributed by atoms with Crippen LogP contribution in [-0.2, 0) is 23.2 Å². The Morgan fingerprint density at radius 3 is 2.67 bits per heavy atom. The fourth-order valence-electron chi connectivity index (χ4n) is 3.75. The van der Waals surface area contributed by atoms with Gasteiger partial charge in [0.25, 0.3) is 0 Å². The molecule has 2 aromatic rings. The second kappa shape index (κ2) is 8.35. The highest BCUT2D eigenvalue weighted by molar-refractivity contribution is 5.82. The lowest BCUT2D eigenvalue weighted by atomic mass is 10.1. The molecule has 1 aromatic carbocycles. The molecule has 2 heterocycles. The molecule has 0 spiro atoms. The van der Waals surface area contributed by atoms with Crippen molar-refractivity contribution >= 4 is 11.8 Å². The maximum absolute atomic E-state index is 12.6. The predicted molar refractivity (Wildman–Crippen MR) is 104 cm³/mol. The van der Waals surface area contributed by atoms with Crippen LogP contribution in [0.25, 0.3) is 11.3 Å². The second-order valence-electron chi connectivity index (χ2n) is 7.02. The number of benzene rings is 1. The van der Waals surface area contributed by atoms with Crippen molar-refractivity contribution < 1.29 is 9.59 Å². The Morgan fingerprint density at radius 1 is 1.26 bits per heavy atom. The van der Waals surface area contributed by atoms with E-state index in [1.807, 2.05) is 50.5 Å². The number of carbonyl (C=O) groups is 2. The molecular formula is C20H27N5O2. The summed E-state index contributed by atoms with van der Waals surface area (Å²) in [4.78, 5) is 26.2. The maximum Gasteiger partial charge on any atom is 0.237 e. The van der Waals surface area contributed by atoms with Crippen molar-refractivity contribution in [3.8, 4) is 11.3 Å². The Morgan fingerprint density at radius 2 is 2.00 bits per heavy atom. The number of aromatic nitrogens is 2. The van der Waals surface area contributed by atoms with Crippen LogP contribution in [0, 0.1) is 0 Å². The summed E-state index contributed by atoms with van der Waals surface area (Å²) in [7, 11) is 1.90. The summed E-state index contributed by atoms with van der Waals surface area (Å²) < 4.78 is 1.81. The third-order valence-corrected chi connectivity index (χ3v) is 4.79. The molecule has 27 heavy (non-hydrogen) atoms. The van der Waals surface area contributed by atoms with Gasteiger partial charge in [-0.15, -0.1) is 0 Å². The minimum atomic E-state index is -0.259. The molecule has 2 N–H and O–H groups in total. The van der Waals surface area contributed by atoms with E-state index >= 15 is 0 Å². The first-order valence-electron chi connectivity index (χ1n) is 9.34. The third kappa shape index (κ3) is 4.54.